The van der Waals surface area contributed by atoms with Gasteiger partial charge in [0.15, 0.2) is 0 Å². The smallest absolute Gasteiger partial charge is 0.222 e. The molecule has 0 aliphatic heterocycles. The average Bonchev–Trinajstić information content (AvgIpc) is 3.44. The summed E-state index contributed by atoms with van der Waals surface area (Å²) < 4.78 is 7.26. The highest BCUT2D eigenvalue weighted by atomic mass is 16.5. The van der Waals surface area contributed by atoms with E-state index in [-0.39, 0.29) is 11.9 Å². The molecule has 1 aliphatic carbocycles. The predicted molar refractivity (Wildman–Crippen MR) is 101 cm³/mol. The van der Waals surface area contributed by atoms with Gasteiger partial charge in [-0.05, 0) is 48.6 Å². The van der Waals surface area contributed by atoms with Crippen LogP contribution in [0.2, 0.25) is 0 Å². The molecule has 1 unspecified atom stereocenters. The Balaban J connectivity index is 1.40. The lowest BCUT2D eigenvalue weighted by Crippen LogP contribution is -2.30. The van der Waals surface area contributed by atoms with Gasteiger partial charge in [-0.15, -0.1) is 0 Å². The van der Waals surface area contributed by atoms with Crippen molar-refractivity contribution in [2.24, 2.45) is 5.92 Å². The second-order valence-electron chi connectivity index (χ2n) is 6.83. The Hall–Kier alpha value is -2.82. The molecule has 0 spiro atoms. The molecule has 1 saturated carbocycles. The van der Waals surface area contributed by atoms with Crippen molar-refractivity contribution in [3.8, 4) is 5.75 Å². The van der Waals surface area contributed by atoms with Crippen LogP contribution in [0.5, 0.6) is 5.75 Å². The molecule has 5 nitrogen and oxygen atoms in total. The van der Waals surface area contributed by atoms with Crippen LogP contribution < -0.4 is 10.1 Å². The van der Waals surface area contributed by atoms with E-state index >= 15 is 0 Å². The summed E-state index contributed by atoms with van der Waals surface area (Å²) in [7, 11) is 1.66. The van der Waals surface area contributed by atoms with Gasteiger partial charge >= 0.3 is 0 Å². The monoisotopic (exact) mass is 349 g/mol. The molecular formula is C21H23N3O2. The number of para-hydroxylation sites is 2. The fourth-order valence-corrected chi connectivity index (χ4v) is 3.37. The highest BCUT2D eigenvalue weighted by molar-refractivity contribution is 5.78. The van der Waals surface area contributed by atoms with Crippen LogP contribution in [0.1, 0.15) is 30.9 Å². The molecule has 1 aliphatic rings. The number of hydrogen-bond donors (Lipinski definition) is 1. The van der Waals surface area contributed by atoms with Crippen molar-refractivity contribution in [1.29, 1.82) is 0 Å². The van der Waals surface area contributed by atoms with Crippen LogP contribution in [0.15, 0.2) is 54.9 Å². The van der Waals surface area contributed by atoms with Crippen molar-refractivity contribution in [2.75, 3.05) is 7.11 Å². The summed E-state index contributed by atoms with van der Waals surface area (Å²) in [6.45, 7) is 0.631. The zero-order chi connectivity index (χ0) is 17.9. The number of fused-ring (bicyclic) bond motifs is 1. The van der Waals surface area contributed by atoms with Gasteiger partial charge in [0.05, 0.1) is 30.5 Å². The maximum atomic E-state index is 12.5. The van der Waals surface area contributed by atoms with E-state index in [0.717, 1.165) is 22.3 Å². The first kappa shape index (κ1) is 16.6. The Morgan fingerprint density at radius 2 is 2.00 bits per heavy atom. The summed E-state index contributed by atoms with van der Waals surface area (Å²) in [4.78, 5) is 16.9. The minimum atomic E-state index is 0.0792. The second kappa shape index (κ2) is 7.20. The molecule has 5 heteroatoms. The molecule has 1 N–H and O–H groups in total. The number of methoxy groups -OCH3 is 1. The minimum Gasteiger partial charge on any atom is -0.497 e. The van der Waals surface area contributed by atoms with Gasteiger partial charge in [0, 0.05) is 13.0 Å². The largest absolute Gasteiger partial charge is 0.497 e. The van der Waals surface area contributed by atoms with E-state index < -0.39 is 0 Å². The number of aryl methyl sites for hydroxylation is 1. The first-order chi connectivity index (χ1) is 12.7. The zero-order valence-corrected chi connectivity index (χ0v) is 14.9. The number of aromatic nitrogens is 2. The van der Waals surface area contributed by atoms with E-state index in [2.05, 4.69) is 10.3 Å². The third-order valence-electron chi connectivity index (χ3n) is 4.99. The molecule has 4 rings (SSSR count). The third kappa shape index (κ3) is 3.57. The lowest BCUT2D eigenvalue weighted by molar-refractivity contribution is -0.122. The number of imidazole rings is 1. The average molecular weight is 349 g/mol. The summed E-state index contributed by atoms with van der Waals surface area (Å²) in [6.07, 6.45) is 4.59. The van der Waals surface area contributed by atoms with Crippen LogP contribution in [-0.2, 0) is 11.3 Å². The zero-order valence-electron chi connectivity index (χ0n) is 14.9. The lowest BCUT2D eigenvalue weighted by Gasteiger charge is -2.19. The SMILES string of the molecule is COc1ccc(C(NC(=O)CCn2cnc3ccccc32)C2CC2)cc1. The molecule has 0 radical (unpaired) electrons. The Morgan fingerprint density at radius 3 is 2.73 bits per heavy atom. The minimum absolute atomic E-state index is 0.0792. The molecular weight excluding hydrogens is 326 g/mol. The number of benzene rings is 2. The van der Waals surface area contributed by atoms with Crippen LogP contribution >= 0.6 is 0 Å². The van der Waals surface area contributed by atoms with Crippen LogP contribution in [0.3, 0.4) is 0 Å². The first-order valence-corrected chi connectivity index (χ1v) is 9.08. The van der Waals surface area contributed by atoms with Crippen molar-refractivity contribution in [3.63, 3.8) is 0 Å². The predicted octanol–water partition coefficient (Wildman–Crippen LogP) is 3.70. The Labute approximate surface area is 153 Å². The topological polar surface area (TPSA) is 56.1 Å². The van der Waals surface area contributed by atoms with Gasteiger partial charge in [-0.3, -0.25) is 4.79 Å². The van der Waals surface area contributed by atoms with Gasteiger partial charge in [0.1, 0.15) is 5.75 Å². The molecule has 0 bridgehead atoms. The summed E-state index contributed by atoms with van der Waals surface area (Å²) in [5.74, 6) is 1.46. The van der Waals surface area contributed by atoms with Crippen molar-refractivity contribution in [2.45, 2.75) is 31.8 Å². The number of rotatable bonds is 7. The maximum absolute atomic E-state index is 12.5. The standard InChI is InChI=1S/C21H23N3O2/c1-26-17-10-8-16(9-11-17)21(15-6-7-15)23-20(25)12-13-24-14-22-18-4-2-3-5-19(18)24/h2-5,8-11,14-15,21H,6-7,12-13H2,1H3,(H,23,25). The fraction of sp³-hybridized carbons (Fsp3) is 0.333. The molecule has 1 heterocycles. The Kier molecular flexibility index (Phi) is 4.61. The molecule has 1 atom stereocenters. The number of carbonyl (C=O) groups excluding carboxylic acids is 1. The van der Waals surface area contributed by atoms with E-state index in [1.165, 1.54) is 12.8 Å². The first-order valence-electron chi connectivity index (χ1n) is 9.08. The molecule has 1 fully saturated rings. The van der Waals surface area contributed by atoms with Crippen LogP contribution in [0.25, 0.3) is 11.0 Å². The van der Waals surface area contributed by atoms with Crippen LogP contribution in [-0.4, -0.2) is 22.6 Å². The molecule has 134 valence electrons. The van der Waals surface area contributed by atoms with Crippen LogP contribution in [0.4, 0.5) is 0 Å². The number of hydrogen-bond acceptors (Lipinski definition) is 3. The van der Waals surface area contributed by atoms with E-state index in [9.17, 15) is 4.79 Å². The van der Waals surface area contributed by atoms with Crippen molar-refractivity contribution < 1.29 is 9.53 Å². The van der Waals surface area contributed by atoms with Gasteiger partial charge in [0.25, 0.3) is 0 Å². The number of carbonyl (C=O) groups is 1. The van der Waals surface area contributed by atoms with Gasteiger partial charge in [-0.1, -0.05) is 24.3 Å². The number of amides is 1. The molecule has 1 amide bonds. The maximum Gasteiger partial charge on any atom is 0.222 e. The molecule has 26 heavy (non-hydrogen) atoms. The molecule has 0 saturated heterocycles. The van der Waals surface area contributed by atoms with Gasteiger partial charge in [-0.25, -0.2) is 4.98 Å². The quantitative estimate of drug-likeness (QED) is 0.707. The van der Waals surface area contributed by atoms with Gasteiger partial charge < -0.3 is 14.6 Å². The molecule has 3 aromatic rings. The van der Waals surface area contributed by atoms with E-state index in [1.54, 1.807) is 13.4 Å². The Bertz CT molecular complexity index is 897. The molecule has 2 aromatic carbocycles. The van der Waals surface area contributed by atoms with E-state index in [4.69, 9.17) is 4.74 Å². The highest BCUT2D eigenvalue weighted by Crippen LogP contribution is 2.41. The summed E-state index contributed by atoms with van der Waals surface area (Å²) in [5.41, 5.74) is 3.17. The highest BCUT2D eigenvalue weighted by Gasteiger charge is 2.33. The number of ether oxygens (including phenoxy) is 1. The van der Waals surface area contributed by atoms with E-state index in [1.807, 2.05) is 53.1 Å². The van der Waals surface area contributed by atoms with Crippen LogP contribution in [0, 0.1) is 5.92 Å². The molecule has 1 aromatic heterocycles. The van der Waals surface area contributed by atoms with Crippen molar-refractivity contribution in [1.82, 2.24) is 14.9 Å². The second-order valence-corrected chi connectivity index (χ2v) is 6.83. The fourth-order valence-electron chi connectivity index (χ4n) is 3.37. The third-order valence-corrected chi connectivity index (χ3v) is 4.99. The summed E-state index contributed by atoms with van der Waals surface area (Å²) >= 11 is 0. The van der Waals surface area contributed by atoms with Gasteiger partial charge in [-0.2, -0.15) is 0 Å². The van der Waals surface area contributed by atoms with Gasteiger partial charge in [0.2, 0.25) is 5.91 Å². The number of nitrogens with zero attached hydrogens (tertiary/aromatic N) is 2. The summed E-state index contributed by atoms with van der Waals surface area (Å²) in [5, 5.41) is 3.23. The summed E-state index contributed by atoms with van der Waals surface area (Å²) in [6, 6.07) is 16.1. The lowest BCUT2D eigenvalue weighted by atomic mass is 10.0. The van der Waals surface area contributed by atoms with Crippen molar-refractivity contribution >= 4 is 16.9 Å². The van der Waals surface area contributed by atoms with Crippen molar-refractivity contribution in [3.05, 3.63) is 60.4 Å². The normalized spacial score (nSPS) is 15.0. The number of nitrogens with one attached hydrogen (secondary N) is 1. The van der Waals surface area contributed by atoms with E-state index in [0.29, 0.717) is 18.9 Å². The Morgan fingerprint density at radius 1 is 1.23 bits per heavy atom.